The van der Waals surface area contributed by atoms with Gasteiger partial charge in [0.1, 0.15) is 24.2 Å². The van der Waals surface area contributed by atoms with E-state index >= 15 is 0 Å². The third-order valence-corrected chi connectivity index (χ3v) is 7.35. The highest BCUT2D eigenvalue weighted by Crippen LogP contribution is 2.26. The number of hydrogen-bond donors (Lipinski definition) is 5. The molecule has 1 aromatic rings. The number of nitrogens with one attached hydrogen (secondary N) is 1. The molecule has 11 heteroatoms. The van der Waals surface area contributed by atoms with E-state index in [4.69, 9.17) is 11.2 Å². The predicted molar refractivity (Wildman–Crippen MR) is 168 cm³/mol. The number of benzene rings is 1. The third kappa shape index (κ3) is 15.4. The lowest BCUT2D eigenvalue weighted by Gasteiger charge is -2.29. The average molecular weight is 630 g/mol. The number of carbonyl (C=O) groups excluding carboxylic acids is 2. The molecule has 0 aromatic heterocycles. The van der Waals surface area contributed by atoms with E-state index < -0.39 is 47.8 Å². The van der Waals surface area contributed by atoms with Crippen molar-refractivity contribution in [2.45, 2.75) is 108 Å². The Kier molecular flexibility index (Phi) is 18.6. The van der Waals surface area contributed by atoms with Gasteiger partial charge in [-0.3, -0.25) is 14.4 Å². The molecule has 45 heavy (non-hydrogen) atoms. The van der Waals surface area contributed by atoms with Gasteiger partial charge < -0.3 is 30.5 Å². The molecule has 5 N–H and O–H groups in total. The summed E-state index contributed by atoms with van der Waals surface area (Å²) in [6.07, 6.45) is 16.3. The summed E-state index contributed by atoms with van der Waals surface area (Å²) in [5, 5.41) is 41.8. The number of ketones is 1. The molecule has 1 rings (SSSR count). The summed E-state index contributed by atoms with van der Waals surface area (Å²) >= 11 is 0. The van der Waals surface area contributed by atoms with E-state index in [1.54, 1.807) is 24.3 Å². The molecule has 0 heterocycles. The van der Waals surface area contributed by atoms with Gasteiger partial charge in [-0.25, -0.2) is 9.59 Å². The summed E-state index contributed by atoms with van der Waals surface area (Å²) < 4.78 is 5.28. The quantitative estimate of drug-likeness (QED) is 0.0583. The standard InChI is InChI=1S/C34H47NO10/c1-3-5-6-9-12-15-26(36)16-13-10-7-8-11-14-17-28(34(44,33(42)43)24-30(37)38)31(39)35-29(32(40)41)23-25-18-20-27(21-19-25)45-22-4-2/h2,14,17-21,28-29,44H,3,5-13,15-16,22-24H2,1H3,(H,35,39)(H,37,38)(H,40,41)(H,42,43)/t28-,29+,34+/m1/s1. The maximum absolute atomic E-state index is 13.2. The van der Waals surface area contributed by atoms with Crippen LogP contribution in [0.3, 0.4) is 0 Å². The molecule has 3 atom stereocenters. The molecule has 1 aromatic carbocycles. The van der Waals surface area contributed by atoms with Crippen molar-refractivity contribution in [2.75, 3.05) is 6.61 Å². The van der Waals surface area contributed by atoms with E-state index in [1.165, 1.54) is 12.5 Å². The minimum Gasteiger partial charge on any atom is -0.481 e. The minimum atomic E-state index is -3.03. The van der Waals surface area contributed by atoms with Crippen LogP contribution in [0.15, 0.2) is 36.4 Å². The molecule has 0 fully saturated rings. The fraction of sp³-hybridized carbons (Fsp3) is 0.559. The van der Waals surface area contributed by atoms with Gasteiger partial charge in [0.05, 0.1) is 12.3 Å². The van der Waals surface area contributed by atoms with Gasteiger partial charge >= 0.3 is 17.9 Å². The SMILES string of the molecule is C#CCOc1ccc(C[C@H](NC(=O)[C@@H](C=CCCCCCCC(=O)CCCCCCC)[C@@](O)(CC(=O)O)C(=O)O)C(=O)O)cc1. The Bertz CT molecular complexity index is 1170. The molecular formula is C34H47NO10. The number of terminal acetylenes is 1. The van der Waals surface area contributed by atoms with Gasteiger partial charge in [-0.05, 0) is 43.4 Å². The number of carboxylic acid groups (broad SMARTS) is 3. The van der Waals surface area contributed by atoms with E-state index in [0.717, 1.165) is 51.0 Å². The Morgan fingerprint density at radius 1 is 0.933 bits per heavy atom. The number of Topliss-reactive ketones (excluding diaryl/α,β-unsaturated/α-hetero) is 1. The van der Waals surface area contributed by atoms with Gasteiger partial charge in [0.15, 0.2) is 5.60 Å². The minimum absolute atomic E-state index is 0.0468. The lowest BCUT2D eigenvalue weighted by Crippen LogP contribution is -2.55. The molecule has 0 spiro atoms. The van der Waals surface area contributed by atoms with Gasteiger partial charge in [0, 0.05) is 19.3 Å². The second-order valence-electron chi connectivity index (χ2n) is 11.1. The van der Waals surface area contributed by atoms with Crippen LogP contribution in [0.25, 0.3) is 0 Å². The van der Waals surface area contributed by atoms with Gasteiger partial charge in [-0.2, -0.15) is 0 Å². The van der Waals surface area contributed by atoms with Crippen molar-refractivity contribution in [3.8, 4) is 18.1 Å². The number of aliphatic carboxylic acids is 3. The molecule has 0 aliphatic rings. The van der Waals surface area contributed by atoms with Crippen LogP contribution in [0.4, 0.5) is 0 Å². The zero-order valence-corrected chi connectivity index (χ0v) is 26.0. The summed E-state index contributed by atoms with van der Waals surface area (Å²) in [6, 6.07) is 4.79. The Morgan fingerprint density at radius 2 is 1.53 bits per heavy atom. The van der Waals surface area contributed by atoms with Crippen LogP contribution in [0.5, 0.6) is 5.75 Å². The topological polar surface area (TPSA) is 188 Å². The molecule has 0 saturated heterocycles. The first-order valence-electron chi connectivity index (χ1n) is 15.5. The molecule has 0 unspecified atom stereocenters. The first kappa shape index (κ1) is 38.9. The Hall–Kier alpha value is -4.17. The van der Waals surface area contributed by atoms with E-state index in [0.29, 0.717) is 37.0 Å². The summed E-state index contributed by atoms with van der Waals surface area (Å²) in [6.45, 7) is 2.19. The third-order valence-electron chi connectivity index (χ3n) is 7.35. The summed E-state index contributed by atoms with van der Waals surface area (Å²) in [4.78, 5) is 60.7. The van der Waals surface area contributed by atoms with Crippen LogP contribution in [0, 0.1) is 18.3 Å². The van der Waals surface area contributed by atoms with Crippen LogP contribution in [0.2, 0.25) is 0 Å². The van der Waals surface area contributed by atoms with Crippen LogP contribution in [0.1, 0.15) is 96.0 Å². The lowest BCUT2D eigenvalue weighted by atomic mass is 9.82. The number of unbranched alkanes of at least 4 members (excludes halogenated alkanes) is 8. The van der Waals surface area contributed by atoms with E-state index in [2.05, 4.69) is 18.2 Å². The number of hydrogen-bond acceptors (Lipinski definition) is 7. The second-order valence-corrected chi connectivity index (χ2v) is 11.1. The molecular weight excluding hydrogens is 582 g/mol. The molecule has 0 radical (unpaired) electrons. The molecule has 0 bridgehead atoms. The van der Waals surface area contributed by atoms with Crippen molar-refractivity contribution in [1.82, 2.24) is 5.32 Å². The Labute approximate surface area is 265 Å². The number of ether oxygens (including phenoxy) is 1. The molecule has 11 nitrogen and oxygen atoms in total. The van der Waals surface area contributed by atoms with Crippen molar-refractivity contribution in [1.29, 1.82) is 0 Å². The largest absolute Gasteiger partial charge is 0.481 e. The first-order valence-corrected chi connectivity index (χ1v) is 15.5. The smallest absolute Gasteiger partial charge is 0.337 e. The Morgan fingerprint density at radius 3 is 2.07 bits per heavy atom. The summed E-state index contributed by atoms with van der Waals surface area (Å²) in [5.74, 6) is -4.98. The monoisotopic (exact) mass is 629 g/mol. The van der Waals surface area contributed by atoms with Crippen molar-refractivity contribution >= 4 is 29.6 Å². The number of carboxylic acids is 3. The zero-order chi connectivity index (χ0) is 33.7. The van der Waals surface area contributed by atoms with E-state index in [-0.39, 0.29) is 18.8 Å². The predicted octanol–water partition coefficient (Wildman–Crippen LogP) is 4.54. The van der Waals surface area contributed by atoms with Gasteiger partial charge in [-0.15, -0.1) is 6.42 Å². The van der Waals surface area contributed by atoms with Gasteiger partial charge in [0.25, 0.3) is 0 Å². The fourth-order valence-corrected chi connectivity index (χ4v) is 4.78. The van der Waals surface area contributed by atoms with Crippen molar-refractivity contribution in [3.63, 3.8) is 0 Å². The van der Waals surface area contributed by atoms with Gasteiger partial charge in [-0.1, -0.05) is 75.7 Å². The van der Waals surface area contributed by atoms with Crippen LogP contribution in [-0.4, -0.2) is 68.3 Å². The van der Waals surface area contributed by atoms with E-state index in [1.807, 2.05) is 0 Å². The lowest BCUT2D eigenvalue weighted by molar-refractivity contribution is -0.172. The molecule has 0 aliphatic heterocycles. The average Bonchev–Trinajstić information content (AvgIpc) is 2.98. The highest BCUT2D eigenvalue weighted by Gasteiger charge is 2.49. The van der Waals surface area contributed by atoms with Crippen LogP contribution in [-0.2, 0) is 30.4 Å². The number of aliphatic hydroxyl groups is 1. The maximum Gasteiger partial charge on any atom is 0.337 e. The fourth-order valence-electron chi connectivity index (χ4n) is 4.78. The van der Waals surface area contributed by atoms with Gasteiger partial charge in [0.2, 0.25) is 5.91 Å². The highest BCUT2D eigenvalue weighted by atomic mass is 16.5. The number of carbonyl (C=O) groups is 5. The molecule has 0 aliphatic carbocycles. The number of allylic oxidation sites excluding steroid dienone is 1. The normalized spacial score (nSPS) is 13.7. The van der Waals surface area contributed by atoms with Crippen LogP contribution >= 0.6 is 0 Å². The Balaban J connectivity index is 2.82. The van der Waals surface area contributed by atoms with E-state index in [9.17, 15) is 44.4 Å². The molecule has 0 saturated carbocycles. The zero-order valence-electron chi connectivity index (χ0n) is 26.0. The van der Waals surface area contributed by atoms with Crippen molar-refractivity contribution in [3.05, 3.63) is 42.0 Å². The maximum atomic E-state index is 13.2. The van der Waals surface area contributed by atoms with Crippen molar-refractivity contribution in [2.24, 2.45) is 5.92 Å². The number of rotatable bonds is 25. The number of amides is 1. The van der Waals surface area contributed by atoms with Crippen LogP contribution < -0.4 is 10.1 Å². The summed E-state index contributed by atoms with van der Waals surface area (Å²) in [5.41, 5.74) is -2.52. The second kappa shape index (κ2) is 21.5. The molecule has 1 amide bonds. The summed E-state index contributed by atoms with van der Waals surface area (Å²) in [7, 11) is 0. The highest BCUT2D eigenvalue weighted by molar-refractivity contribution is 5.94. The molecule has 248 valence electrons. The van der Waals surface area contributed by atoms with Crippen molar-refractivity contribution < 1.29 is 49.1 Å². The first-order chi connectivity index (χ1) is 21.4.